The highest BCUT2D eigenvalue weighted by Crippen LogP contribution is 2.31. The second-order valence-corrected chi connectivity index (χ2v) is 10.4. The molecule has 1 atom stereocenters. The molecule has 1 amide bonds. The summed E-state index contributed by atoms with van der Waals surface area (Å²) in [6, 6.07) is 32.4. The molecular weight excluding hydrogens is 494 g/mol. The fraction of sp³-hybridized carbons (Fsp3) is 0.235. The summed E-state index contributed by atoms with van der Waals surface area (Å²) in [4.78, 5) is 17.1. The Morgan fingerprint density at radius 1 is 0.850 bits per heavy atom. The van der Waals surface area contributed by atoms with Crippen LogP contribution in [0, 0.1) is 19.3 Å². The van der Waals surface area contributed by atoms with E-state index in [-0.39, 0.29) is 18.4 Å². The molecule has 0 heterocycles. The van der Waals surface area contributed by atoms with Crippen molar-refractivity contribution in [2.24, 2.45) is 0 Å². The van der Waals surface area contributed by atoms with Crippen LogP contribution in [0.25, 0.3) is 0 Å². The standard InChI is InChI=1S/C34H39N5O/c1-25-11-15-27(16-12-25)20-31(22-37-34(40)21-29-7-6-8-30(36)19-29)39(24-35)33-10-5-4-9-32(33)38(3)23-28-17-13-26(2)14-18-28/h4-19,24,31,35H,20-23,36H2,1-3H3,(H,37,40). The van der Waals surface area contributed by atoms with E-state index < -0.39 is 0 Å². The highest BCUT2D eigenvalue weighted by Gasteiger charge is 2.23. The fourth-order valence-corrected chi connectivity index (χ4v) is 4.88. The third kappa shape index (κ3) is 7.73. The molecule has 0 saturated carbocycles. The molecule has 0 aliphatic rings. The van der Waals surface area contributed by atoms with Crippen LogP contribution in [-0.4, -0.2) is 31.9 Å². The van der Waals surface area contributed by atoms with Gasteiger partial charge in [-0.2, -0.15) is 0 Å². The summed E-state index contributed by atoms with van der Waals surface area (Å²) >= 11 is 0. The van der Waals surface area contributed by atoms with Crippen molar-refractivity contribution >= 4 is 29.3 Å². The molecule has 206 valence electrons. The zero-order chi connectivity index (χ0) is 28.5. The van der Waals surface area contributed by atoms with Gasteiger partial charge in [0.2, 0.25) is 5.91 Å². The minimum Gasteiger partial charge on any atom is -0.399 e. The molecule has 4 rings (SSSR count). The molecule has 0 aromatic heterocycles. The lowest BCUT2D eigenvalue weighted by atomic mass is 10.0. The first kappa shape index (κ1) is 28.4. The van der Waals surface area contributed by atoms with Crippen LogP contribution in [-0.2, 0) is 24.2 Å². The second-order valence-electron chi connectivity index (χ2n) is 10.4. The van der Waals surface area contributed by atoms with Crippen LogP contribution in [0.5, 0.6) is 0 Å². The first-order chi connectivity index (χ1) is 19.3. The smallest absolute Gasteiger partial charge is 0.224 e. The first-order valence-electron chi connectivity index (χ1n) is 13.6. The number of para-hydroxylation sites is 2. The monoisotopic (exact) mass is 533 g/mol. The van der Waals surface area contributed by atoms with E-state index >= 15 is 0 Å². The largest absolute Gasteiger partial charge is 0.399 e. The van der Waals surface area contributed by atoms with Gasteiger partial charge in [0.25, 0.3) is 0 Å². The quantitative estimate of drug-likeness (QED) is 0.120. The van der Waals surface area contributed by atoms with Gasteiger partial charge in [-0.1, -0.05) is 83.9 Å². The summed E-state index contributed by atoms with van der Waals surface area (Å²) in [6.45, 7) is 5.29. The van der Waals surface area contributed by atoms with Gasteiger partial charge in [0.15, 0.2) is 0 Å². The predicted octanol–water partition coefficient (Wildman–Crippen LogP) is 5.91. The van der Waals surface area contributed by atoms with Crippen LogP contribution in [0.2, 0.25) is 0 Å². The highest BCUT2D eigenvalue weighted by molar-refractivity contribution is 5.86. The Hall–Kier alpha value is -4.58. The van der Waals surface area contributed by atoms with Crippen LogP contribution in [0.15, 0.2) is 97.1 Å². The Labute approximate surface area is 238 Å². The molecule has 0 aliphatic carbocycles. The topological polar surface area (TPSA) is 85.5 Å². The van der Waals surface area contributed by atoms with Gasteiger partial charge in [0.1, 0.15) is 0 Å². The van der Waals surface area contributed by atoms with Crippen molar-refractivity contribution < 1.29 is 4.79 Å². The number of anilines is 3. The molecule has 4 aromatic carbocycles. The third-order valence-electron chi connectivity index (χ3n) is 7.09. The number of rotatable bonds is 12. The number of hydrogen-bond acceptors (Lipinski definition) is 4. The summed E-state index contributed by atoms with van der Waals surface area (Å²) in [7, 11) is 2.07. The normalized spacial score (nSPS) is 11.5. The van der Waals surface area contributed by atoms with Crippen LogP contribution in [0.4, 0.5) is 17.1 Å². The molecule has 0 aliphatic heterocycles. The van der Waals surface area contributed by atoms with E-state index in [2.05, 4.69) is 85.7 Å². The predicted molar refractivity (Wildman–Crippen MR) is 167 cm³/mol. The van der Waals surface area contributed by atoms with E-state index in [1.165, 1.54) is 23.0 Å². The molecule has 0 bridgehead atoms. The molecule has 40 heavy (non-hydrogen) atoms. The molecule has 1 unspecified atom stereocenters. The number of nitrogens with one attached hydrogen (secondary N) is 2. The zero-order valence-electron chi connectivity index (χ0n) is 23.6. The van der Waals surface area contributed by atoms with Gasteiger partial charge in [0.05, 0.1) is 30.2 Å². The average Bonchev–Trinajstić information content (AvgIpc) is 2.94. The summed E-state index contributed by atoms with van der Waals surface area (Å²) < 4.78 is 0. The molecule has 0 saturated heterocycles. The molecule has 4 aromatic rings. The molecule has 6 heteroatoms. The van der Waals surface area contributed by atoms with Crippen molar-refractivity contribution in [3.8, 4) is 0 Å². The number of hydrogen-bond donors (Lipinski definition) is 3. The Morgan fingerprint density at radius 2 is 1.48 bits per heavy atom. The van der Waals surface area contributed by atoms with Crippen LogP contribution < -0.4 is 20.9 Å². The number of benzene rings is 4. The number of carbonyl (C=O) groups is 1. The summed E-state index contributed by atoms with van der Waals surface area (Å²) in [6.07, 6.45) is 2.30. The lowest BCUT2D eigenvalue weighted by Crippen LogP contribution is -2.45. The van der Waals surface area contributed by atoms with Crippen molar-refractivity contribution in [1.29, 1.82) is 5.41 Å². The third-order valence-corrected chi connectivity index (χ3v) is 7.09. The summed E-state index contributed by atoms with van der Waals surface area (Å²) in [5.74, 6) is -0.0748. The molecule has 6 nitrogen and oxygen atoms in total. The molecule has 0 fully saturated rings. The Kier molecular flexibility index (Phi) is 9.57. The SMILES string of the molecule is Cc1ccc(CC(CNC(=O)Cc2cccc(N)c2)N(C=N)c2ccccc2N(C)Cc2ccc(C)cc2)cc1. The second kappa shape index (κ2) is 13.5. The number of aryl methyl sites for hydroxylation is 2. The maximum atomic E-state index is 12.9. The molecule has 4 N–H and O–H groups in total. The van der Waals surface area contributed by atoms with E-state index in [0.717, 1.165) is 29.0 Å². The summed E-state index contributed by atoms with van der Waals surface area (Å²) in [5.41, 5.74) is 14.2. The minimum absolute atomic E-state index is 0.0748. The van der Waals surface area contributed by atoms with E-state index in [1.807, 2.05) is 47.4 Å². The number of carbonyl (C=O) groups excluding carboxylic acids is 1. The summed E-state index contributed by atoms with van der Waals surface area (Å²) in [5, 5.41) is 11.6. The Morgan fingerprint density at radius 3 is 2.10 bits per heavy atom. The Bertz CT molecular complexity index is 1420. The number of nitrogens with zero attached hydrogens (tertiary/aromatic N) is 2. The van der Waals surface area contributed by atoms with Gasteiger partial charge in [-0.05, 0) is 61.2 Å². The van der Waals surface area contributed by atoms with Gasteiger partial charge in [-0.25, -0.2) is 0 Å². The van der Waals surface area contributed by atoms with E-state index in [9.17, 15) is 4.79 Å². The number of nitrogen functional groups attached to an aromatic ring is 1. The van der Waals surface area contributed by atoms with Gasteiger partial charge >= 0.3 is 0 Å². The van der Waals surface area contributed by atoms with E-state index in [4.69, 9.17) is 11.1 Å². The number of amides is 1. The fourth-order valence-electron chi connectivity index (χ4n) is 4.88. The van der Waals surface area contributed by atoms with E-state index in [1.54, 1.807) is 0 Å². The van der Waals surface area contributed by atoms with Crippen molar-refractivity contribution in [2.75, 3.05) is 29.1 Å². The van der Waals surface area contributed by atoms with Gasteiger partial charge in [-0.3, -0.25) is 10.2 Å². The lowest BCUT2D eigenvalue weighted by Gasteiger charge is -2.34. The first-order valence-corrected chi connectivity index (χ1v) is 13.6. The van der Waals surface area contributed by atoms with Crippen LogP contribution in [0.3, 0.4) is 0 Å². The van der Waals surface area contributed by atoms with Crippen molar-refractivity contribution in [1.82, 2.24) is 5.32 Å². The molecule has 0 spiro atoms. The van der Waals surface area contributed by atoms with Gasteiger partial charge < -0.3 is 20.9 Å². The van der Waals surface area contributed by atoms with Crippen molar-refractivity contribution in [3.05, 3.63) is 125 Å². The maximum absolute atomic E-state index is 12.9. The van der Waals surface area contributed by atoms with Gasteiger partial charge in [0, 0.05) is 25.8 Å². The van der Waals surface area contributed by atoms with Crippen LogP contribution in [0.1, 0.15) is 27.8 Å². The minimum atomic E-state index is -0.168. The van der Waals surface area contributed by atoms with Crippen molar-refractivity contribution in [2.45, 2.75) is 39.3 Å². The van der Waals surface area contributed by atoms with Crippen molar-refractivity contribution in [3.63, 3.8) is 0 Å². The Balaban J connectivity index is 1.58. The molecule has 0 radical (unpaired) electrons. The maximum Gasteiger partial charge on any atom is 0.224 e. The average molecular weight is 534 g/mol. The zero-order valence-corrected chi connectivity index (χ0v) is 23.6. The van der Waals surface area contributed by atoms with E-state index in [0.29, 0.717) is 18.7 Å². The molecular formula is C34H39N5O. The van der Waals surface area contributed by atoms with Gasteiger partial charge in [-0.15, -0.1) is 0 Å². The van der Waals surface area contributed by atoms with Crippen LogP contribution >= 0.6 is 0 Å². The number of nitrogens with two attached hydrogens (primary N) is 1. The highest BCUT2D eigenvalue weighted by atomic mass is 16.1. The lowest BCUT2D eigenvalue weighted by molar-refractivity contribution is -0.120.